The van der Waals surface area contributed by atoms with Crippen molar-refractivity contribution in [2.75, 3.05) is 7.11 Å². The minimum absolute atomic E-state index is 0.154. The third-order valence-electron chi connectivity index (χ3n) is 3.10. The van der Waals surface area contributed by atoms with E-state index in [1.807, 2.05) is 0 Å². The third kappa shape index (κ3) is 4.32. The van der Waals surface area contributed by atoms with Crippen LogP contribution in [0.15, 0.2) is 0 Å². The highest BCUT2D eigenvalue weighted by Gasteiger charge is 2.26. The number of hydrogen-bond donors (Lipinski definition) is 1. The van der Waals surface area contributed by atoms with Crippen LogP contribution in [0, 0.1) is 11.8 Å². The molecule has 2 atom stereocenters. The van der Waals surface area contributed by atoms with Gasteiger partial charge in [0.25, 0.3) is 0 Å². The molecule has 0 aromatic rings. The minimum Gasteiger partial charge on any atom is -0.481 e. The monoisotopic (exact) mass is 214 g/mol. The minimum atomic E-state index is -0.730. The average Bonchev–Trinajstić information content (AvgIpc) is 2.62. The largest absolute Gasteiger partial charge is 0.481 e. The normalized spacial score (nSPS) is 25.1. The molecule has 1 fully saturated rings. The summed E-state index contributed by atoms with van der Waals surface area (Å²) >= 11 is 0. The number of aliphatic carboxylic acids is 1. The summed E-state index contributed by atoms with van der Waals surface area (Å²) < 4.78 is 4.61. The second kappa shape index (κ2) is 5.73. The Bertz CT molecular complexity index is 237. The molecule has 1 N–H and O–H groups in total. The van der Waals surface area contributed by atoms with Crippen LogP contribution in [0.3, 0.4) is 0 Å². The van der Waals surface area contributed by atoms with Crippen molar-refractivity contribution in [3.8, 4) is 0 Å². The van der Waals surface area contributed by atoms with Crippen LogP contribution in [0.2, 0.25) is 0 Å². The van der Waals surface area contributed by atoms with Gasteiger partial charge in [0, 0.05) is 12.8 Å². The first-order chi connectivity index (χ1) is 7.11. The number of carboxylic acid groups (broad SMARTS) is 1. The molecule has 2 unspecified atom stereocenters. The van der Waals surface area contributed by atoms with Gasteiger partial charge in [-0.2, -0.15) is 0 Å². The van der Waals surface area contributed by atoms with Crippen molar-refractivity contribution in [3.63, 3.8) is 0 Å². The lowest BCUT2D eigenvalue weighted by Gasteiger charge is -2.09. The summed E-state index contributed by atoms with van der Waals surface area (Å²) in [4.78, 5) is 21.4. The van der Waals surface area contributed by atoms with E-state index in [4.69, 9.17) is 5.11 Å². The van der Waals surface area contributed by atoms with E-state index in [9.17, 15) is 9.59 Å². The van der Waals surface area contributed by atoms with Crippen molar-refractivity contribution in [2.24, 2.45) is 11.8 Å². The van der Waals surface area contributed by atoms with Crippen LogP contribution in [-0.4, -0.2) is 24.2 Å². The maximum atomic E-state index is 11.0. The lowest BCUT2D eigenvalue weighted by Crippen LogP contribution is -2.07. The second-order valence-corrected chi connectivity index (χ2v) is 4.26. The van der Waals surface area contributed by atoms with E-state index < -0.39 is 5.97 Å². The number of carboxylic acids is 1. The van der Waals surface area contributed by atoms with Gasteiger partial charge < -0.3 is 9.84 Å². The van der Waals surface area contributed by atoms with Gasteiger partial charge in [0.05, 0.1) is 7.11 Å². The maximum absolute atomic E-state index is 11.0. The van der Waals surface area contributed by atoms with Crippen LogP contribution in [0.4, 0.5) is 0 Å². The Balaban J connectivity index is 2.20. The fourth-order valence-electron chi connectivity index (χ4n) is 2.27. The van der Waals surface area contributed by atoms with Gasteiger partial charge in [-0.3, -0.25) is 9.59 Å². The summed E-state index contributed by atoms with van der Waals surface area (Å²) in [5.41, 5.74) is 0. The summed E-state index contributed by atoms with van der Waals surface area (Å²) in [6, 6.07) is 0. The van der Waals surface area contributed by atoms with E-state index in [1.165, 1.54) is 7.11 Å². The first kappa shape index (κ1) is 12.0. The van der Waals surface area contributed by atoms with Gasteiger partial charge in [-0.25, -0.2) is 0 Å². The number of carbonyl (C=O) groups is 2. The van der Waals surface area contributed by atoms with Crippen molar-refractivity contribution < 1.29 is 19.4 Å². The zero-order valence-corrected chi connectivity index (χ0v) is 9.07. The van der Waals surface area contributed by atoms with Gasteiger partial charge in [-0.05, 0) is 31.1 Å². The fraction of sp³-hybridized carbons (Fsp3) is 0.818. The Labute approximate surface area is 89.6 Å². The number of methoxy groups -OCH3 is 1. The Morgan fingerprint density at radius 1 is 1.33 bits per heavy atom. The molecular weight excluding hydrogens is 196 g/mol. The van der Waals surface area contributed by atoms with E-state index >= 15 is 0 Å². The molecule has 1 rings (SSSR count). The molecule has 86 valence electrons. The number of hydrogen-bond acceptors (Lipinski definition) is 3. The van der Waals surface area contributed by atoms with Gasteiger partial charge in [0.15, 0.2) is 0 Å². The highest BCUT2D eigenvalue weighted by molar-refractivity contribution is 5.69. The van der Waals surface area contributed by atoms with Gasteiger partial charge in [0.2, 0.25) is 0 Å². The molecule has 0 saturated heterocycles. The number of esters is 1. The SMILES string of the molecule is COC(=O)CC1CCC(CCC(=O)O)C1. The average molecular weight is 214 g/mol. The molecule has 0 bridgehead atoms. The molecule has 4 heteroatoms. The van der Waals surface area contributed by atoms with Gasteiger partial charge in [-0.1, -0.05) is 6.42 Å². The maximum Gasteiger partial charge on any atom is 0.305 e. The van der Waals surface area contributed by atoms with E-state index in [2.05, 4.69) is 4.74 Å². The second-order valence-electron chi connectivity index (χ2n) is 4.26. The highest BCUT2D eigenvalue weighted by atomic mass is 16.5. The topological polar surface area (TPSA) is 63.6 Å². The van der Waals surface area contributed by atoms with E-state index in [0.29, 0.717) is 18.3 Å². The fourth-order valence-corrected chi connectivity index (χ4v) is 2.27. The van der Waals surface area contributed by atoms with Gasteiger partial charge in [0.1, 0.15) is 0 Å². The molecule has 4 nitrogen and oxygen atoms in total. The zero-order valence-electron chi connectivity index (χ0n) is 9.07. The Morgan fingerprint density at radius 2 is 2.00 bits per heavy atom. The van der Waals surface area contributed by atoms with Crippen LogP contribution in [0.5, 0.6) is 0 Å². The highest BCUT2D eigenvalue weighted by Crippen LogP contribution is 2.35. The first-order valence-corrected chi connectivity index (χ1v) is 5.40. The van der Waals surface area contributed by atoms with Gasteiger partial charge >= 0.3 is 11.9 Å². The van der Waals surface area contributed by atoms with Crippen LogP contribution in [0.1, 0.15) is 38.5 Å². The van der Waals surface area contributed by atoms with E-state index in [-0.39, 0.29) is 12.4 Å². The van der Waals surface area contributed by atoms with Crippen molar-refractivity contribution >= 4 is 11.9 Å². The van der Waals surface area contributed by atoms with Crippen molar-refractivity contribution in [3.05, 3.63) is 0 Å². The third-order valence-corrected chi connectivity index (χ3v) is 3.10. The van der Waals surface area contributed by atoms with Crippen molar-refractivity contribution in [1.29, 1.82) is 0 Å². The molecule has 0 aliphatic heterocycles. The Morgan fingerprint density at radius 3 is 2.60 bits per heavy atom. The molecule has 0 aromatic heterocycles. The Hall–Kier alpha value is -1.06. The van der Waals surface area contributed by atoms with Crippen LogP contribution in [0.25, 0.3) is 0 Å². The standard InChI is InChI=1S/C11H18O4/c1-15-11(14)7-9-3-2-8(6-9)4-5-10(12)13/h8-9H,2-7H2,1H3,(H,12,13). The van der Waals surface area contributed by atoms with Crippen molar-refractivity contribution in [1.82, 2.24) is 0 Å². The molecule has 0 heterocycles. The molecule has 0 amide bonds. The molecule has 0 spiro atoms. The van der Waals surface area contributed by atoms with Crippen LogP contribution < -0.4 is 0 Å². The lowest BCUT2D eigenvalue weighted by atomic mass is 9.98. The quantitative estimate of drug-likeness (QED) is 0.709. The molecule has 1 aliphatic rings. The predicted molar refractivity (Wildman–Crippen MR) is 54.3 cm³/mol. The first-order valence-electron chi connectivity index (χ1n) is 5.40. The Kier molecular flexibility index (Phi) is 4.59. The van der Waals surface area contributed by atoms with Crippen molar-refractivity contribution in [2.45, 2.75) is 38.5 Å². The van der Waals surface area contributed by atoms with Crippen LogP contribution in [-0.2, 0) is 14.3 Å². The van der Waals surface area contributed by atoms with Crippen LogP contribution >= 0.6 is 0 Å². The molecule has 15 heavy (non-hydrogen) atoms. The van der Waals surface area contributed by atoms with E-state index in [1.54, 1.807) is 0 Å². The predicted octanol–water partition coefficient (Wildman–Crippen LogP) is 1.83. The van der Waals surface area contributed by atoms with Gasteiger partial charge in [-0.15, -0.1) is 0 Å². The smallest absolute Gasteiger partial charge is 0.305 e. The summed E-state index contributed by atoms with van der Waals surface area (Å²) in [7, 11) is 1.40. The number of rotatable bonds is 5. The summed E-state index contributed by atoms with van der Waals surface area (Å²) in [5.74, 6) is -0.00250. The lowest BCUT2D eigenvalue weighted by molar-refractivity contribution is -0.142. The van der Waals surface area contributed by atoms with E-state index in [0.717, 1.165) is 25.7 Å². The molecule has 0 radical (unpaired) electrons. The summed E-state index contributed by atoms with van der Waals surface area (Å²) in [6.07, 6.45) is 4.53. The molecule has 0 aromatic carbocycles. The summed E-state index contributed by atoms with van der Waals surface area (Å²) in [5, 5.41) is 8.55. The number of carbonyl (C=O) groups excluding carboxylic acids is 1. The molecular formula is C11H18O4. The zero-order chi connectivity index (χ0) is 11.3. The number of ether oxygens (including phenoxy) is 1. The summed E-state index contributed by atoms with van der Waals surface area (Å²) in [6.45, 7) is 0. The molecule has 1 aliphatic carbocycles. The molecule has 1 saturated carbocycles.